The number of nitrogens with one attached hydrogen (secondary N) is 1. The predicted octanol–water partition coefficient (Wildman–Crippen LogP) is 5.45. The summed E-state index contributed by atoms with van der Waals surface area (Å²) in [6.45, 7) is -2.92. The van der Waals surface area contributed by atoms with Gasteiger partial charge in [0.1, 0.15) is 11.6 Å². The second-order valence-electron chi connectivity index (χ2n) is 5.59. The van der Waals surface area contributed by atoms with Gasteiger partial charge in [0.25, 0.3) is 5.91 Å². The molecule has 0 aliphatic heterocycles. The number of carbonyl (C=O) groups excluding carboxylic acids is 1. The SMILES string of the molecule is O=C(Nc1nn(Cc2ccccc2F)cc1Br)c1cc(Br)ccc1OC(F)F. The zero-order chi connectivity index (χ0) is 20.3. The second kappa shape index (κ2) is 8.78. The van der Waals surface area contributed by atoms with Crippen molar-refractivity contribution in [2.24, 2.45) is 0 Å². The number of halogens is 5. The molecular formula is C18H12Br2F3N3O2. The van der Waals surface area contributed by atoms with E-state index in [1.807, 2.05) is 0 Å². The highest BCUT2D eigenvalue weighted by Crippen LogP contribution is 2.27. The van der Waals surface area contributed by atoms with Crippen LogP contribution in [0.4, 0.5) is 19.0 Å². The van der Waals surface area contributed by atoms with Crippen LogP contribution in [-0.2, 0) is 6.54 Å². The zero-order valence-corrected chi connectivity index (χ0v) is 17.2. The van der Waals surface area contributed by atoms with Crippen LogP contribution in [0.25, 0.3) is 0 Å². The molecule has 0 saturated carbocycles. The number of benzene rings is 2. The minimum atomic E-state index is -3.07. The first-order valence-electron chi connectivity index (χ1n) is 7.85. The highest BCUT2D eigenvalue weighted by atomic mass is 79.9. The highest BCUT2D eigenvalue weighted by molar-refractivity contribution is 9.10. The van der Waals surface area contributed by atoms with Crippen molar-refractivity contribution in [2.45, 2.75) is 13.2 Å². The average Bonchev–Trinajstić information content (AvgIpc) is 2.97. The molecule has 146 valence electrons. The molecule has 3 aromatic rings. The number of ether oxygens (including phenoxy) is 1. The Balaban J connectivity index is 1.81. The number of amides is 1. The molecule has 28 heavy (non-hydrogen) atoms. The third-order valence-electron chi connectivity index (χ3n) is 3.64. The number of hydrogen-bond donors (Lipinski definition) is 1. The van der Waals surface area contributed by atoms with Gasteiger partial charge in [0.05, 0.1) is 16.6 Å². The van der Waals surface area contributed by atoms with Gasteiger partial charge in [0.15, 0.2) is 5.82 Å². The number of hydrogen-bond acceptors (Lipinski definition) is 3. The van der Waals surface area contributed by atoms with Gasteiger partial charge in [0.2, 0.25) is 0 Å². The van der Waals surface area contributed by atoms with Gasteiger partial charge in [0, 0.05) is 16.2 Å². The molecule has 3 rings (SSSR count). The van der Waals surface area contributed by atoms with E-state index < -0.39 is 12.5 Å². The van der Waals surface area contributed by atoms with E-state index in [1.54, 1.807) is 24.4 Å². The molecule has 10 heteroatoms. The van der Waals surface area contributed by atoms with Gasteiger partial charge in [-0.05, 0) is 40.2 Å². The van der Waals surface area contributed by atoms with Crippen molar-refractivity contribution >= 4 is 43.6 Å². The van der Waals surface area contributed by atoms with Crippen molar-refractivity contribution < 1.29 is 22.7 Å². The summed E-state index contributed by atoms with van der Waals surface area (Å²) in [6.07, 6.45) is 1.57. The first kappa shape index (κ1) is 20.4. The van der Waals surface area contributed by atoms with Crippen molar-refractivity contribution in [3.63, 3.8) is 0 Å². The van der Waals surface area contributed by atoms with Gasteiger partial charge in [-0.15, -0.1) is 0 Å². The maximum absolute atomic E-state index is 13.8. The van der Waals surface area contributed by atoms with Crippen LogP contribution in [0.3, 0.4) is 0 Å². The third kappa shape index (κ3) is 4.93. The molecule has 0 fully saturated rings. The van der Waals surface area contributed by atoms with Crippen molar-refractivity contribution in [1.29, 1.82) is 0 Å². The van der Waals surface area contributed by atoms with Gasteiger partial charge in [-0.25, -0.2) is 4.39 Å². The van der Waals surface area contributed by atoms with E-state index in [0.29, 0.717) is 14.5 Å². The fourth-order valence-electron chi connectivity index (χ4n) is 2.42. The largest absolute Gasteiger partial charge is 0.434 e. The summed E-state index contributed by atoms with van der Waals surface area (Å²) in [5, 5.41) is 6.73. The molecule has 0 aliphatic rings. The van der Waals surface area contributed by atoms with Crippen LogP contribution in [-0.4, -0.2) is 22.3 Å². The van der Waals surface area contributed by atoms with Gasteiger partial charge < -0.3 is 10.1 Å². The van der Waals surface area contributed by atoms with Crippen LogP contribution in [0.1, 0.15) is 15.9 Å². The monoisotopic (exact) mass is 517 g/mol. The van der Waals surface area contributed by atoms with Gasteiger partial charge in [-0.3, -0.25) is 9.48 Å². The van der Waals surface area contributed by atoms with Gasteiger partial charge >= 0.3 is 6.61 Å². The standard InChI is InChI=1S/C18H12Br2F3N3O2/c19-11-5-6-15(28-18(22)23)12(7-11)17(27)24-16-13(20)9-26(25-16)8-10-3-1-2-4-14(10)21/h1-7,9,18H,8H2,(H,24,25,27). The van der Waals surface area contributed by atoms with Crippen molar-refractivity contribution in [2.75, 3.05) is 5.32 Å². The van der Waals surface area contributed by atoms with Gasteiger partial charge in [-0.1, -0.05) is 34.1 Å². The lowest BCUT2D eigenvalue weighted by molar-refractivity contribution is -0.0501. The molecule has 2 aromatic carbocycles. The molecule has 0 bridgehead atoms. The van der Waals surface area contributed by atoms with Crippen LogP contribution in [0, 0.1) is 5.82 Å². The lowest BCUT2D eigenvalue weighted by Crippen LogP contribution is -2.16. The van der Waals surface area contributed by atoms with E-state index >= 15 is 0 Å². The van der Waals surface area contributed by atoms with Crippen LogP contribution in [0.15, 0.2) is 57.6 Å². The summed E-state index contributed by atoms with van der Waals surface area (Å²) in [5.41, 5.74) is 0.334. The van der Waals surface area contributed by atoms with Crippen molar-refractivity contribution in [3.8, 4) is 5.75 Å². The maximum atomic E-state index is 13.8. The molecular weight excluding hydrogens is 507 g/mol. The van der Waals surface area contributed by atoms with Crippen LogP contribution in [0.5, 0.6) is 5.75 Å². The Labute approximate surface area is 174 Å². The van der Waals surface area contributed by atoms with Crippen molar-refractivity contribution in [1.82, 2.24) is 9.78 Å². The van der Waals surface area contributed by atoms with Crippen LogP contribution < -0.4 is 10.1 Å². The summed E-state index contributed by atoms with van der Waals surface area (Å²) < 4.78 is 45.8. The fraction of sp³-hybridized carbons (Fsp3) is 0.111. The van der Waals surface area contributed by atoms with E-state index in [0.717, 1.165) is 0 Å². The Morgan fingerprint density at radius 1 is 1.21 bits per heavy atom. The number of anilines is 1. The normalized spacial score (nSPS) is 10.9. The Morgan fingerprint density at radius 3 is 2.68 bits per heavy atom. The molecule has 0 spiro atoms. The summed E-state index contributed by atoms with van der Waals surface area (Å²) in [6, 6.07) is 10.4. The fourth-order valence-corrected chi connectivity index (χ4v) is 3.19. The lowest BCUT2D eigenvalue weighted by Gasteiger charge is -2.11. The third-order valence-corrected chi connectivity index (χ3v) is 4.72. The molecule has 1 N–H and O–H groups in total. The summed E-state index contributed by atoms with van der Waals surface area (Å²) >= 11 is 6.46. The van der Waals surface area contributed by atoms with Crippen LogP contribution >= 0.6 is 31.9 Å². The summed E-state index contributed by atoms with van der Waals surface area (Å²) in [5.74, 6) is -1.17. The first-order chi connectivity index (χ1) is 13.3. The number of aromatic nitrogens is 2. The second-order valence-corrected chi connectivity index (χ2v) is 7.36. The first-order valence-corrected chi connectivity index (χ1v) is 9.44. The van der Waals surface area contributed by atoms with Crippen molar-refractivity contribution in [3.05, 3.63) is 74.6 Å². The van der Waals surface area contributed by atoms with Crippen LogP contribution in [0.2, 0.25) is 0 Å². The Bertz CT molecular complexity index is 1010. The molecule has 1 heterocycles. The maximum Gasteiger partial charge on any atom is 0.387 e. The minimum absolute atomic E-state index is 0.0924. The number of alkyl halides is 2. The zero-order valence-electron chi connectivity index (χ0n) is 14.0. The number of rotatable bonds is 6. The molecule has 5 nitrogen and oxygen atoms in total. The predicted molar refractivity (Wildman–Crippen MR) is 104 cm³/mol. The van der Waals surface area contributed by atoms with Gasteiger partial charge in [-0.2, -0.15) is 13.9 Å². The minimum Gasteiger partial charge on any atom is -0.434 e. The smallest absolute Gasteiger partial charge is 0.387 e. The summed E-state index contributed by atoms with van der Waals surface area (Å²) in [7, 11) is 0. The average molecular weight is 519 g/mol. The lowest BCUT2D eigenvalue weighted by atomic mass is 10.2. The van der Waals surface area contributed by atoms with E-state index in [-0.39, 0.29) is 29.5 Å². The Hall–Kier alpha value is -2.33. The quantitative estimate of drug-likeness (QED) is 0.472. The molecule has 0 unspecified atom stereocenters. The number of nitrogens with zero attached hydrogens (tertiary/aromatic N) is 2. The summed E-state index contributed by atoms with van der Waals surface area (Å²) in [4.78, 5) is 12.6. The molecule has 1 amide bonds. The highest BCUT2D eigenvalue weighted by Gasteiger charge is 2.19. The molecule has 0 atom stereocenters. The Morgan fingerprint density at radius 2 is 1.96 bits per heavy atom. The number of carbonyl (C=O) groups is 1. The van der Waals surface area contributed by atoms with E-state index in [4.69, 9.17) is 0 Å². The van der Waals surface area contributed by atoms with E-state index in [1.165, 1.54) is 28.9 Å². The Kier molecular flexibility index (Phi) is 6.40. The molecule has 0 radical (unpaired) electrons. The topological polar surface area (TPSA) is 56.2 Å². The molecule has 0 aliphatic carbocycles. The van der Waals surface area contributed by atoms with E-state index in [2.05, 4.69) is 47.0 Å². The molecule has 1 aromatic heterocycles. The van der Waals surface area contributed by atoms with E-state index in [9.17, 15) is 18.0 Å². The molecule has 0 saturated heterocycles.